The van der Waals surface area contributed by atoms with Crippen LogP contribution in [-0.4, -0.2) is 44.5 Å². The molecular weight excluding hydrogens is 270 g/mol. The molecule has 0 spiro atoms. The molecule has 3 N–H and O–H groups in total. The van der Waals surface area contributed by atoms with Gasteiger partial charge in [0.15, 0.2) is 5.96 Å². The van der Waals surface area contributed by atoms with Gasteiger partial charge >= 0.3 is 0 Å². The van der Waals surface area contributed by atoms with Crippen LogP contribution in [0.5, 0.6) is 11.5 Å². The fourth-order valence-electron chi connectivity index (χ4n) is 1.60. The third-order valence-corrected chi connectivity index (χ3v) is 3.19. The first-order chi connectivity index (χ1) is 9.91. The number of hydrogen-bond acceptors (Lipinski definition) is 4. The van der Waals surface area contributed by atoms with Crippen LogP contribution in [0.3, 0.4) is 0 Å². The summed E-state index contributed by atoms with van der Waals surface area (Å²) in [4.78, 5) is 4.14. The molecule has 0 amide bonds. The van der Waals surface area contributed by atoms with Crippen LogP contribution in [0.15, 0.2) is 23.2 Å². The summed E-state index contributed by atoms with van der Waals surface area (Å²) in [5, 5.41) is 16.2. The zero-order chi connectivity index (χ0) is 15.9. The molecule has 0 aliphatic carbocycles. The number of aliphatic imine (C=N–C) groups is 1. The van der Waals surface area contributed by atoms with Gasteiger partial charge in [-0.3, -0.25) is 4.99 Å². The van der Waals surface area contributed by atoms with Gasteiger partial charge in [0.25, 0.3) is 0 Å². The lowest BCUT2D eigenvalue weighted by atomic mass is 10.1. The predicted molar refractivity (Wildman–Crippen MR) is 83.9 cm³/mol. The SMILES string of the molecule is CN=C(NCc1cc(OC)ccc1O)NCC(C)(C)OC. The number of nitrogens with one attached hydrogen (secondary N) is 2. The molecule has 0 radical (unpaired) electrons. The highest BCUT2D eigenvalue weighted by Gasteiger charge is 2.16. The van der Waals surface area contributed by atoms with Gasteiger partial charge in [-0.05, 0) is 32.0 Å². The van der Waals surface area contributed by atoms with Crippen molar-refractivity contribution in [2.75, 3.05) is 27.8 Å². The number of guanidine groups is 1. The Hall–Kier alpha value is -1.95. The number of methoxy groups -OCH3 is 2. The average molecular weight is 295 g/mol. The highest BCUT2D eigenvalue weighted by Crippen LogP contribution is 2.22. The number of ether oxygens (including phenoxy) is 2. The molecule has 0 fully saturated rings. The van der Waals surface area contributed by atoms with E-state index < -0.39 is 0 Å². The van der Waals surface area contributed by atoms with Crippen molar-refractivity contribution in [2.24, 2.45) is 4.99 Å². The second-order valence-electron chi connectivity index (χ2n) is 5.24. The second kappa shape index (κ2) is 7.73. The molecule has 1 aromatic carbocycles. The highest BCUT2D eigenvalue weighted by molar-refractivity contribution is 5.79. The maximum Gasteiger partial charge on any atom is 0.191 e. The Balaban J connectivity index is 2.60. The lowest BCUT2D eigenvalue weighted by Crippen LogP contribution is -2.45. The first-order valence-electron chi connectivity index (χ1n) is 6.77. The van der Waals surface area contributed by atoms with Crippen molar-refractivity contribution in [3.63, 3.8) is 0 Å². The molecule has 118 valence electrons. The summed E-state index contributed by atoms with van der Waals surface area (Å²) in [5.74, 6) is 1.56. The van der Waals surface area contributed by atoms with Gasteiger partial charge in [0.2, 0.25) is 0 Å². The van der Waals surface area contributed by atoms with E-state index in [1.165, 1.54) is 0 Å². The van der Waals surface area contributed by atoms with Crippen molar-refractivity contribution in [2.45, 2.75) is 26.0 Å². The van der Waals surface area contributed by atoms with E-state index in [1.807, 2.05) is 13.8 Å². The Morgan fingerprint density at radius 2 is 2.00 bits per heavy atom. The van der Waals surface area contributed by atoms with Gasteiger partial charge in [-0.25, -0.2) is 0 Å². The smallest absolute Gasteiger partial charge is 0.191 e. The van der Waals surface area contributed by atoms with E-state index in [4.69, 9.17) is 9.47 Å². The molecule has 0 aliphatic heterocycles. The average Bonchev–Trinajstić information content (AvgIpc) is 2.49. The minimum Gasteiger partial charge on any atom is -0.508 e. The molecule has 0 saturated carbocycles. The Morgan fingerprint density at radius 1 is 1.29 bits per heavy atom. The number of nitrogens with zero attached hydrogens (tertiary/aromatic N) is 1. The van der Waals surface area contributed by atoms with Gasteiger partial charge in [0, 0.05) is 32.8 Å². The van der Waals surface area contributed by atoms with Crippen molar-refractivity contribution in [3.05, 3.63) is 23.8 Å². The molecule has 0 atom stereocenters. The summed E-state index contributed by atoms with van der Waals surface area (Å²) < 4.78 is 10.5. The van der Waals surface area contributed by atoms with Crippen LogP contribution in [0.1, 0.15) is 19.4 Å². The zero-order valence-corrected chi connectivity index (χ0v) is 13.4. The zero-order valence-electron chi connectivity index (χ0n) is 13.4. The number of benzene rings is 1. The molecule has 0 heterocycles. The normalized spacial score (nSPS) is 12.1. The van der Waals surface area contributed by atoms with E-state index in [1.54, 1.807) is 39.5 Å². The van der Waals surface area contributed by atoms with Crippen molar-refractivity contribution in [3.8, 4) is 11.5 Å². The fraction of sp³-hybridized carbons (Fsp3) is 0.533. The van der Waals surface area contributed by atoms with Gasteiger partial charge in [-0.15, -0.1) is 0 Å². The first kappa shape index (κ1) is 17.1. The lowest BCUT2D eigenvalue weighted by molar-refractivity contribution is 0.0268. The summed E-state index contributed by atoms with van der Waals surface area (Å²) in [6, 6.07) is 5.11. The van der Waals surface area contributed by atoms with E-state index in [0.29, 0.717) is 24.8 Å². The lowest BCUT2D eigenvalue weighted by Gasteiger charge is -2.24. The molecule has 0 aliphatic rings. The molecule has 0 unspecified atom stereocenters. The number of hydrogen-bond donors (Lipinski definition) is 3. The standard InChI is InChI=1S/C15H25N3O3/c1-15(2,21-5)10-18-14(16-3)17-9-11-8-12(20-4)6-7-13(11)19/h6-8,19H,9-10H2,1-5H3,(H2,16,17,18). The molecule has 6 nitrogen and oxygen atoms in total. The van der Waals surface area contributed by atoms with Crippen LogP contribution in [0.4, 0.5) is 0 Å². The first-order valence-corrected chi connectivity index (χ1v) is 6.77. The van der Waals surface area contributed by atoms with Crippen LogP contribution in [0.25, 0.3) is 0 Å². The molecule has 6 heteroatoms. The van der Waals surface area contributed by atoms with E-state index in [2.05, 4.69) is 15.6 Å². The number of aromatic hydroxyl groups is 1. The largest absolute Gasteiger partial charge is 0.508 e. The summed E-state index contributed by atoms with van der Waals surface area (Å²) in [5.41, 5.74) is 0.457. The molecular formula is C15H25N3O3. The molecule has 0 saturated heterocycles. The van der Waals surface area contributed by atoms with Crippen molar-refractivity contribution < 1.29 is 14.6 Å². The summed E-state index contributed by atoms with van der Waals surface area (Å²) >= 11 is 0. The third-order valence-electron chi connectivity index (χ3n) is 3.19. The minimum absolute atomic E-state index is 0.218. The monoisotopic (exact) mass is 295 g/mol. The Bertz CT molecular complexity index is 487. The molecule has 0 aromatic heterocycles. The molecule has 21 heavy (non-hydrogen) atoms. The second-order valence-corrected chi connectivity index (χ2v) is 5.24. The Kier molecular flexibility index (Phi) is 6.30. The van der Waals surface area contributed by atoms with Gasteiger partial charge in [0.05, 0.1) is 12.7 Å². The van der Waals surface area contributed by atoms with E-state index in [9.17, 15) is 5.11 Å². The predicted octanol–water partition coefficient (Wildman–Crippen LogP) is 1.49. The van der Waals surface area contributed by atoms with Gasteiger partial charge in [0.1, 0.15) is 11.5 Å². The van der Waals surface area contributed by atoms with Gasteiger partial charge in [-0.2, -0.15) is 0 Å². The summed E-state index contributed by atoms with van der Waals surface area (Å²) in [7, 11) is 4.96. The van der Waals surface area contributed by atoms with E-state index >= 15 is 0 Å². The summed E-state index contributed by atoms with van der Waals surface area (Å²) in [6.45, 7) is 5.03. The van der Waals surface area contributed by atoms with Gasteiger partial charge in [-0.1, -0.05) is 0 Å². The van der Waals surface area contributed by atoms with E-state index in [-0.39, 0.29) is 11.4 Å². The fourth-order valence-corrected chi connectivity index (χ4v) is 1.60. The Labute approximate surface area is 126 Å². The molecule has 1 rings (SSSR count). The third kappa shape index (κ3) is 5.51. The topological polar surface area (TPSA) is 75.1 Å². The molecule has 1 aromatic rings. The van der Waals surface area contributed by atoms with Crippen LogP contribution in [0.2, 0.25) is 0 Å². The maximum absolute atomic E-state index is 9.84. The van der Waals surface area contributed by atoms with Crippen molar-refractivity contribution >= 4 is 5.96 Å². The van der Waals surface area contributed by atoms with Crippen LogP contribution in [-0.2, 0) is 11.3 Å². The quantitative estimate of drug-likeness (QED) is 0.548. The molecule has 0 bridgehead atoms. The maximum atomic E-state index is 9.84. The van der Waals surface area contributed by atoms with Crippen LogP contribution < -0.4 is 15.4 Å². The highest BCUT2D eigenvalue weighted by atomic mass is 16.5. The van der Waals surface area contributed by atoms with Crippen molar-refractivity contribution in [1.82, 2.24) is 10.6 Å². The number of rotatable bonds is 6. The number of phenolic OH excluding ortho intramolecular Hbond substituents is 1. The Morgan fingerprint density at radius 3 is 2.57 bits per heavy atom. The van der Waals surface area contributed by atoms with E-state index in [0.717, 1.165) is 5.56 Å². The van der Waals surface area contributed by atoms with Crippen LogP contribution in [0, 0.1) is 0 Å². The van der Waals surface area contributed by atoms with Crippen LogP contribution >= 0.6 is 0 Å². The van der Waals surface area contributed by atoms with Crippen molar-refractivity contribution in [1.29, 1.82) is 0 Å². The number of phenols is 1. The summed E-state index contributed by atoms with van der Waals surface area (Å²) in [6.07, 6.45) is 0. The minimum atomic E-state index is -0.282. The van der Waals surface area contributed by atoms with Gasteiger partial charge < -0.3 is 25.2 Å².